The van der Waals surface area contributed by atoms with E-state index >= 15 is 0 Å². The van der Waals surface area contributed by atoms with Crippen LogP contribution in [0.1, 0.15) is 31.4 Å². The molecular formula is C17H20N2O. The van der Waals surface area contributed by atoms with Crippen molar-refractivity contribution < 1.29 is 4.52 Å². The lowest BCUT2D eigenvalue weighted by Gasteiger charge is -2.20. The molecule has 2 fully saturated rings. The Labute approximate surface area is 119 Å². The second kappa shape index (κ2) is 4.65. The molecule has 2 saturated carbocycles. The van der Waals surface area contributed by atoms with E-state index in [0.29, 0.717) is 5.88 Å². The molecule has 2 aliphatic carbocycles. The fraction of sp³-hybridized carbons (Fsp3) is 0.471. The molecule has 104 valence electrons. The SMILES string of the molecule is Nc1onc(CC2CC3CCC2C3)c1-c1ccccc1. The molecule has 2 aromatic rings. The van der Waals surface area contributed by atoms with Crippen LogP contribution in [0, 0.1) is 17.8 Å². The monoisotopic (exact) mass is 268 g/mol. The Kier molecular flexibility index (Phi) is 2.79. The van der Waals surface area contributed by atoms with Crippen molar-refractivity contribution in [3.63, 3.8) is 0 Å². The first-order chi connectivity index (χ1) is 9.81. The number of nitrogens with two attached hydrogens (primary N) is 1. The van der Waals surface area contributed by atoms with Crippen molar-refractivity contribution in [2.24, 2.45) is 17.8 Å². The highest BCUT2D eigenvalue weighted by Crippen LogP contribution is 2.50. The molecule has 2 N–H and O–H groups in total. The van der Waals surface area contributed by atoms with E-state index in [1.165, 1.54) is 25.7 Å². The van der Waals surface area contributed by atoms with Gasteiger partial charge in [-0.3, -0.25) is 0 Å². The standard InChI is InChI=1S/C17H20N2O/c18-17-16(12-4-2-1-3-5-12)15(19-20-17)10-14-9-11-6-7-13(14)8-11/h1-5,11,13-14H,6-10,18H2. The van der Waals surface area contributed by atoms with E-state index in [9.17, 15) is 0 Å². The third-order valence-electron chi connectivity index (χ3n) is 5.19. The Hall–Kier alpha value is -1.77. The third-order valence-corrected chi connectivity index (χ3v) is 5.19. The van der Waals surface area contributed by atoms with Crippen molar-refractivity contribution in [3.8, 4) is 11.1 Å². The minimum absolute atomic E-state index is 0.453. The van der Waals surface area contributed by atoms with Gasteiger partial charge in [-0.1, -0.05) is 41.9 Å². The molecule has 3 nitrogen and oxygen atoms in total. The maximum absolute atomic E-state index is 5.99. The van der Waals surface area contributed by atoms with Crippen molar-refractivity contribution in [1.29, 1.82) is 0 Å². The van der Waals surface area contributed by atoms with E-state index in [-0.39, 0.29) is 0 Å². The lowest BCUT2D eigenvalue weighted by Crippen LogP contribution is -2.13. The summed E-state index contributed by atoms with van der Waals surface area (Å²) in [6.07, 6.45) is 6.66. The molecule has 0 aliphatic heterocycles. The van der Waals surface area contributed by atoms with Crippen molar-refractivity contribution in [2.45, 2.75) is 32.1 Å². The topological polar surface area (TPSA) is 52.0 Å². The zero-order valence-corrected chi connectivity index (χ0v) is 11.6. The summed E-state index contributed by atoms with van der Waals surface area (Å²) >= 11 is 0. The maximum Gasteiger partial charge on any atom is 0.230 e. The highest BCUT2D eigenvalue weighted by atomic mass is 16.5. The number of nitrogen functional groups attached to an aromatic ring is 1. The van der Waals surface area contributed by atoms with E-state index in [1.807, 2.05) is 18.2 Å². The molecule has 4 rings (SSSR count). The number of rotatable bonds is 3. The smallest absolute Gasteiger partial charge is 0.230 e. The van der Waals surface area contributed by atoms with E-state index in [0.717, 1.165) is 41.0 Å². The van der Waals surface area contributed by atoms with Gasteiger partial charge in [0.2, 0.25) is 5.88 Å². The van der Waals surface area contributed by atoms with Crippen molar-refractivity contribution in [2.75, 3.05) is 5.73 Å². The first kappa shape index (κ1) is 12.0. The molecule has 20 heavy (non-hydrogen) atoms. The van der Waals surface area contributed by atoms with Crippen LogP contribution >= 0.6 is 0 Å². The van der Waals surface area contributed by atoms with Crippen LogP contribution in [0.25, 0.3) is 11.1 Å². The molecular weight excluding hydrogens is 248 g/mol. The Balaban J connectivity index is 1.63. The molecule has 3 unspecified atom stereocenters. The second-order valence-corrected chi connectivity index (χ2v) is 6.37. The van der Waals surface area contributed by atoms with Gasteiger partial charge < -0.3 is 10.3 Å². The summed E-state index contributed by atoms with van der Waals surface area (Å²) in [5, 5.41) is 4.24. The lowest BCUT2D eigenvalue weighted by molar-refractivity contribution is 0.322. The number of hydrogen-bond acceptors (Lipinski definition) is 3. The molecule has 0 spiro atoms. The Morgan fingerprint density at radius 1 is 1.15 bits per heavy atom. The number of benzene rings is 1. The summed E-state index contributed by atoms with van der Waals surface area (Å²) in [4.78, 5) is 0. The first-order valence-corrected chi connectivity index (χ1v) is 7.60. The first-order valence-electron chi connectivity index (χ1n) is 7.60. The van der Waals surface area contributed by atoms with Crippen molar-refractivity contribution in [3.05, 3.63) is 36.0 Å². The molecule has 0 radical (unpaired) electrons. The van der Waals surface area contributed by atoms with Gasteiger partial charge >= 0.3 is 0 Å². The van der Waals surface area contributed by atoms with Crippen LogP contribution in [0.3, 0.4) is 0 Å². The fourth-order valence-corrected chi connectivity index (χ4v) is 4.27. The molecule has 3 heteroatoms. The Morgan fingerprint density at radius 3 is 2.70 bits per heavy atom. The quantitative estimate of drug-likeness (QED) is 0.918. The third kappa shape index (κ3) is 1.92. The van der Waals surface area contributed by atoms with Gasteiger partial charge in [-0.15, -0.1) is 0 Å². The maximum atomic E-state index is 5.99. The number of anilines is 1. The Morgan fingerprint density at radius 2 is 2.00 bits per heavy atom. The summed E-state index contributed by atoms with van der Waals surface area (Å²) in [5.74, 6) is 3.10. The summed E-state index contributed by atoms with van der Waals surface area (Å²) in [7, 11) is 0. The fourth-order valence-electron chi connectivity index (χ4n) is 4.27. The summed E-state index contributed by atoms with van der Waals surface area (Å²) in [6.45, 7) is 0. The van der Waals surface area contributed by atoms with Crippen molar-refractivity contribution >= 4 is 5.88 Å². The van der Waals surface area contributed by atoms with Crippen LogP contribution in [0.5, 0.6) is 0 Å². The van der Waals surface area contributed by atoms with Crippen LogP contribution in [0.4, 0.5) is 5.88 Å². The van der Waals surface area contributed by atoms with Gasteiger partial charge in [-0.2, -0.15) is 0 Å². The van der Waals surface area contributed by atoms with E-state index in [2.05, 4.69) is 17.3 Å². The van der Waals surface area contributed by atoms with Crippen molar-refractivity contribution in [1.82, 2.24) is 5.16 Å². The zero-order chi connectivity index (χ0) is 13.5. The highest BCUT2D eigenvalue weighted by molar-refractivity contribution is 5.74. The van der Waals surface area contributed by atoms with Gasteiger partial charge in [0.15, 0.2) is 0 Å². The Bertz CT molecular complexity index is 605. The van der Waals surface area contributed by atoms with Gasteiger partial charge in [-0.25, -0.2) is 0 Å². The summed E-state index contributed by atoms with van der Waals surface area (Å²) in [6, 6.07) is 10.2. The number of aromatic nitrogens is 1. The molecule has 1 heterocycles. The average molecular weight is 268 g/mol. The molecule has 0 amide bonds. The van der Waals surface area contributed by atoms with Gasteiger partial charge in [-0.05, 0) is 49.0 Å². The number of fused-ring (bicyclic) bond motifs is 2. The van der Waals surface area contributed by atoms with E-state index in [4.69, 9.17) is 10.3 Å². The molecule has 2 bridgehead atoms. The zero-order valence-electron chi connectivity index (χ0n) is 11.6. The predicted octanol–water partition coefficient (Wildman–Crippen LogP) is 3.90. The molecule has 1 aromatic heterocycles. The summed E-state index contributed by atoms with van der Waals surface area (Å²) < 4.78 is 5.27. The second-order valence-electron chi connectivity index (χ2n) is 6.37. The molecule has 0 saturated heterocycles. The van der Waals surface area contributed by atoms with Gasteiger partial charge in [0, 0.05) is 0 Å². The van der Waals surface area contributed by atoms with Gasteiger partial charge in [0.25, 0.3) is 0 Å². The van der Waals surface area contributed by atoms with Crippen LogP contribution in [0.15, 0.2) is 34.9 Å². The van der Waals surface area contributed by atoms with E-state index in [1.54, 1.807) is 0 Å². The minimum Gasteiger partial charge on any atom is -0.367 e. The number of hydrogen-bond donors (Lipinski definition) is 1. The normalized spacial score (nSPS) is 28.1. The molecule has 1 aromatic carbocycles. The molecule has 3 atom stereocenters. The van der Waals surface area contributed by atoms with Gasteiger partial charge in [0.1, 0.15) is 0 Å². The van der Waals surface area contributed by atoms with Crippen LogP contribution in [-0.2, 0) is 6.42 Å². The van der Waals surface area contributed by atoms with Crippen LogP contribution < -0.4 is 5.73 Å². The average Bonchev–Trinajstić information content (AvgIpc) is 3.16. The summed E-state index contributed by atoms with van der Waals surface area (Å²) in [5.41, 5.74) is 9.16. The minimum atomic E-state index is 0.453. The van der Waals surface area contributed by atoms with Crippen LogP contribution in [-0.4, -0.2) is 5.16 Å². The van der Waals surface area contributed by atoms with Crippen LogP contribution in [0.2, 0.25) is 0 Å². The van der Waals surface area contributed by atoms with Gasteiger partial charge in [0.05, 0.1) is 11.3 Å². The lowest BCUT2D eigenvalue weighted by atomic mass is 9.84. The highest BCUT2D eigenvalue weighted by Gasteiger charge is 2.40. The largest absolute Gasteiger partial charge is 0.367 e. The number of nitrogens with zero attached hydrogens (tertiary/aromatic N) is 1. The van der Waals surface area contributed by atoms with E-state index < -0.39 is 0 Å². The predicted molar refractivity (Wildman–Crippen MR) is 79.0 cm³/mol. The molecule has 2 aliphatic rings.